The average Bonchev–Trinajstić information content (AvgIpc) is 3.30. The molecule has 30 heavy (non-hydrogen) atoms. The van der Waals surface area contributed by atoms with Crippen LogP contribution in [0.5, 0.6) is 0 Å². The van der Waals surface area contributed by atoms with Crippen LogP contribution in [-0.2, 0) is 26.0 Å². The number of carbonyl (C=O) groups excluding carboxylic acids is 2. The van der Waals surface area contributed by atoms with Gasteiger partial charge < -0.3 is 15.6 Å². The maximum atomic E-state index is 12.2. The number of carbonyl (C=O) groups is 2. The van der Waals surface area contributed by atoms with Crippen molar-refractivity contribution < 1.29 is 18.0 Å². The highest BCUT2D eigenvalue weighted by Crippen LogP contribution is 2.26. The zero-order valence-corrected chi connectivity index (χ0v) is 17.0. The topological polar surface area (TPSA) is 111 Å². The van der Waals surface area contributed by atoms with Gasteiger partial charge in [-0.05, 0) is 42.7 Å². The van der Waals surface area contributed by atoms with E-state index < -0.39 is 21.8 Å². The normalized spacial score (nSPS) is 15.3. The highest BCUT2D eigenvalue weighted by atomic mass is 32.2. The molecule has 0 spiro atoms. The zero-order chi connectivity index (χ0) is 21.1. The molecule has 2 heterocycles. The van der Waals surface area contributed by atoms with Crippen molar-refractivity contribution in [2.24, 2.45) is 0 Å². The summed E-state index contributed by atoms with van der Waals surface area (Å²) in [6.45, 7) is 0.730. The number of nitrogens with zero attached hydrogens (tertiary/aromatic N) is 1. The molecule has 3 aromatic rings. The largest absolute Gasteiger partial charge is 0.361 e. The summed E-state index contributed by atoms with van der Waals surface area (Å²) >= 11 is 0. The van der Waals surface area contributed by atoms with Crippen molar-refractivity contribution >= 4 is 44.1 Å². The van der Waals surface area contributed by atoms with Crippen LogP contribution in [0.3, 0.4) is 0 Å². The van der Waals surface area contributed by atoms with Gasteiger partial charge in [0.1, 0.15) is 0 Å². The number of rotatable bonds is 5. The molecule has 3 N–H and O–H groups in total. The third kappa shape index (κ3) is 4.16. The lowest BCUT2D eigenvalue weighted by Crippen LogP contribution is -2.36. The van der Waals surface area contributed by atoms with Crippen LogP contribution in [0.25, 0.3) is 10.9 Å². The highest BCUT2D eigenvalue weighted by Gasteiger charge is 2.28. The van der Waals surface area contributed by atoms with Gasteiger partial charge in [-0.3, -0.25) is 13.9 Å². The average molecular weight is 426 g/mol. The number of H-pyrrole nitrogens is 1. The first-order valence-corrected chi connectivity index (χ1v) is 11.3. The molecule has 1 aliphatic heterocycles. The van der Waals surface area contributed by atoms with E-state index in [4.69, 9.17) is 0 Å². The molecule has 156 valence electrons. The molecule has 1 saturated heterocycles. The van der Waals surface area contributed by atoms with Crippen molar-refractivity contribution in [3.05, 3.63) is 60.3 Å². The van der Waals surface area contributed by atoms with Crippen LogP contribution in [0.2, 0.25) is 0 Å². The van der Waals surface area contributed by atoms with Gasteiger partial charge in [0.15, 0.2) is 0 Å². The molecule has 0 aliphatic carbocycles. The summed E-state index contributed by atoms with van der Waals surface area (Å²) in [5.74, 6) is -1.42. The van der Waals surface area contributed by atoms with Crippen molar-refractivity contribution in [1.82, 2.24) is 10.3 Å². The van der Waals surface area contributed by atoms with E-state index in [1.165, 1.54) is 4.31 Å². The van der Waals surface area contributed by atoms with Crippen LogP contribution in [0.15, 0.2) is 54.7 Å². The van der Waals surface area contributed by atoms with Crippen LogP contribution < -0.4 is 14.9 Å². The van der Waals surface area contributed by atoms with Gasteiger partial charge >= 0.3 is 11.8 Å². The van der Waals surface area contributed by atoms with Crippen molar-refractivity contribution in [2.75, 3.05) is 28.5 Å². The zero-order valence-electron chi connectivity index (χ0n) is 16.2. The summed E-state index contributed by atoms with van der Waals surface area (Å²) in [6, 6.07) is 14.4. The number of hydrogen-bond donors (Lipinski definition) is 3. The maximum Gasteiger partial charge on any atom is 0.313 e. The first-order chi connectivity index (χ1) is 14.4. The first-order valence-electron chi connectivity index (χ1n) is 9.69. The maximum absolute atomic E-state index is 12.2. The second kappa shape index (κ2) is 8.19. The van der Waals surface area contributed by atoms with E-state index in [0.717, 1.165) is 16.5 Å². The molecule has 0 saturated carbocycles. The molecule has 9 heteroatoms. The van der Waals surface area contributed by atoms with Gasteiger partial charge in [-0.2, -0.15) is 0 Å². The number of anilines is 2. The Morgan fingerprint density at radius 3 is 2.70 bits per heavy atom. The number of fused-ring (bicyclic) bond motifs is 1. The molecule has 0 bridgehead atoms. The predicted octanol–water partition coefficient (Wildman–Crippen LogP) is 2.01. The van der Waals surface area contributed by atoms with Crippen molar-refractivity contribution in [2.45, 2.75) is 12.8 Å². The third-order valence-electron chi connectivity index (χ3n) is 5.05. The molecular formula is C21H22N4O4S. The van der Waals surface area contributed by atoms with Gasteiger partial charge in [0.25, 0.3) is 0 Å². The van der Waals surface area contributed by atoms with Crippen molar-refractivity contribution in [3.8, 4) is 0 Å². The standard InChI is InChI=1S/C21H22N4O4S/c26-20(22-10-9-15-14-23-19-8-2-1-7-18(15)19)21(27)24-16-5-3-6-17(13-16)25-11-4-12-30(25,28)29/h1-3,5-8,13-14,23H,4,9-12H2,(H,22,26)(H,24,27). The Balaban J connectivity index is 1.33. The van der Waals surface area contributed by atoms with E-state index in [2.05, 4.69) is 15.6 Å². The molecule has 1 aliphatic rings. The smallest absolute Gasteiger partial charge is 0.313 e. The molecular weight excluding hydrogens is 404 g/mol. The Morgan fingerprint density at radius 2 is 1.90 bits per heavy atom. The minimum Gasteiger partial charge on any atom is -0.361 e. The number of benzene rings is 2. The second-order valence-corrected chi connectivity index (χ2v) is 9.12. The van der Waals surface area contributed by atoms with Crippen molar-refractivity contribution in [1.29, 1.82) is 0 Å². The lowest BCUT2D eigenvalue weighted by molar-refractivity contribution is -0.136. The minimum absolute atomic E-state index is 0.114. The SMILES string of the molecule is O=C(NCCc1c[nH]c2ccccc12)C(=O)Nc1cccc(N2CCCS2(=O)=O)c1. The van der Waals surface area contributed by atoms with Crippen LogP contribution in [0.4, 0.5) is 11.4 Å². The molecule has 0 atom stereocenters. The molecule has 0 radical (unpaired) electrons. The summed E-state index contributed by atoms with van der Waals surface area (Å²) in [4.78, 5) is 27.5. The van der Waals surface area contributed by atoms with Gasteiger partial charge in [0.05, 0.1) is 11.4 Å². The Kier molecular flexibility index (Phi) is 5.45. The lowest BCUT2D eigenvalue weighted by atomic mass is 10.1. The lowest BCUT2D eigenvalue weighted by Gasteiger charge is -2.17. The fourth-order valence-electron chi connectivity index (χ4n) is 3.59. The molecule has 4 rings (SSSR count). The van der Waals surface area contributed by atoms with E-state index in [0.29, 0.717) is 37.3 Å². The van der Waals surface area contributed by atoms with E-state index in [9.17, 15) is 18.0 Å². The fraction of sp³-hybridized carbons (Fsp3) is 0.238. The molecule has 8 nitrogen and oxygen atoms in total. The summed E-state index contributed by atoms with van der Waals surface area (Å²) in [6.07, 6.45) is 3.05. The Bertz CT molecular complexity index is 1200. The van der Waals surface area contributed by atoms with Crippen LogP contribution >= 0.6 is 0 Å². The summed E-state index contributed by atoms with van der Waals surface area (Å²) in [7, 11) is -3.31. The number of aromatic nitrogens is 1. The second-order valence-electron chi connectivity index (χ2n) is 7.11. The van der Waals surface area contributed by atoms with Gasteiger partial charge in [-0.15, -0.1) is 0 Å². The monoisotopic (exact) mass is 426 g/mol. The van der Waals surface area contributed by atoms with Gasteiger partial charge in [0.2, 0.25) is 10.0 Å². The number of aromatic amines is 1. The Morgan fingerprint density at radius 1 is 1.07 bits per heavy atom. The molecule has 2 amide bonds. The number of amides is 2. The van der Waals surface area contributed by atoms with E-state index in [1.807, 2.05) is 30.5 Å². The molecule has 1 fully saturated rings. The molecule has 2 aromatic carbocycles. The summed E-state index contributed by atoms with van der Waals surface area (Å²) in [5, 5.41) is 6.23. The van der Waals surface area contributed by atoms with Crippen LogP contribution in [-0.4, -0.2) is 44.1 Å². The first kappa shape index (κ1) is 20.0. The minimum atomic E-state index is -3.31. The van der Waals surface area contributed by atoms with Gasteiger partial charge in [-0.25, -0.2) is 8.42 Å². The number of sulfonamides is 1. The summed E-state index contributed by atoms with van der Waals surface area (Å²) in [5.41, 5.74) is 2.93. The number of para-hydroxylation sites is 1. The Labute approximate surface area is 174 Å². The quantitative estimate of drug-likeness (QED) is 0.542. The van der Waals surface area contributed by atoms with E-state index in [1.54, 1.807) is 24.3 Å². The highest BCUT2D eigenvalue weighted by molar-refractivity contribution is 7.93. The van der Waals surface area contributed by atoms with Crippen LogP contribution in [0, 0.1) is 0 Å². The van der Waals surface area contributed by atoms with Gasteiger partial charge in [0, 0.05) is 35.9 Å². The molecule has 1 aromatic heterocycles. The van der Waals surface area contributed by atoms with Crippen molar-refractivity contribution in [3.63, 3.8) is 0 Å². The van der Waals surface area contributed by atoms with E-state index in [-0.39, 0.29) is 5.75 Å². The van der Waals surface area contributed by atoms with E-state index >= 15 is 0 Å². The van der Waals surface area contributed by atoms with Crippen LogP contribution in [0.1, 0.15) is 12.0 Å². The third-order valence-corrected chi connectivity index (χ3v) is 6.92. The predicted molar refractivity (Wildman–Crippen MR) is 116 cm³/mol. The fourth-order valence-corrected chi connectivity index (χ4v) is 5.14. The Hall–Kier alpha value is -3.33. The molecule has 0 unspecified atom stereocenters. The number of nitrogens with one attached hydrogen (secondary N) is 3. The summed E-state index contributed by atoms with van der Waals surface area (Å²) < 4.78 is 25.5. The van der Waals surface area contributed by atoms with Gasteiger partial charge in [-0.1, -0.05) is 24.3 Å². The number of hydrogen-bond acceptors (Lipinski definition) is 4.